The molecule has 0 aliphatic carbocycles. The molecule has 0 unspecified atom stereocenters. The monoisotopic (exact) mass is 455 g/mol. The highest BCUT2D eigenvalue weighted by Gasteiger charge is 2.06. The van der Waals surface area contributed by atoms with E-state index in [0.29, 0.717) is 16.8 Å². The van der Waals surface area contributed by atoms with E-state index in [9.17, 15) is 9.90 Å². The molecule has 0 heterocycles. The molecule has 146 valence electrons. The molecular weight excluding hydrogens is 438 g/mol. The van der Waals surface area contributed by atoms with Gasteiger partial charge in [-0.25, -0.2) is 0 Å². The van der Waals surface area contributed by atoms with Gasteiger partial charge in [-0.05, 0) is 52.7 Å². The van der Waals surface area contributed by atoms with Crippen LogP contribution in [0.4, 0.5) is 5.69 Å². The molecule has 0 fully saturated rings. The maximum Gasteiger partial charge on any atom is 0.185 e. The number of phenolic OH excluding ortho intramolecular Hbond substituents is 1. The predicted octanol–water partition coefficient (Wildman–Crippen LogP) is 6.95. The average molecular weight is 456 g/mol. The van der Waals surface area contributed by atoms with Gasteiger partial charge in [-0.1, -0.05) is 76.6 Å². The zero-order chi connectivity index (χ0) is 20.9. The Morgan fingerprint density at radius 1 is 0.900 bits per heavy atom. The van der Waals surface area contributed by atoms with E-state index in [1.54, 1.807) is 42.6 Å². The van der Waals surface area contributed by atoms with E-state index in [2.05, 4.69) is 20.9 Å². The third-order valence-electron chi connectivity index (χ3n) is 4.72. The van der Waals surface area contributed by atoms with Crippen LogP contribution in [-0.4, -0.2) is 17.1 Å². The summed E-state index contributed by atoms with van der Waals surface area (Å²) in [5, 5.41) is 12.2. The van der Waals surface area contributed by atoms with Crippen molar-refractivity contribution in [3.05, 3.63) is 112 Å². The first-order chi connectivity index (χ1) is 14.6. The quantitative estimate of drug-likeness (QED) is 0.201. The normalized spacial score (nSPS) is 11.5. The standard InChI is InChI=1S/C26H18BrNO2/c27-21-12-8-18(9-13-21)10-14-25(29)20-5-3-6-22(16-20)28-17-24-23-7-2-1-4-19(23)11-15-26(24)30/h1-17,30H/b14-10+,28-17?. The number of ketones is 1. The summed E-state index contributed by atoms with van der Waals surface area (Å²) >= 11 is 3.40. The number of allylic oxidation sites excluding steroid dienone is 1. The van der Waals surface area contributed by atoms with Crippen LogP contribution in [0.3, 0.4) is 0 Å². The van der Waals surface area contributed by atoms with Crippen LogP contribution in [0.25, 0.3) is 16.8 Å². The molecule has 4 rings (SSSR count). The van der Waals surface area contributed by atoms with E-state index in [1.807, 2.05) is 60.7 Å². The van der Waals surface area contributed by atoms with Crippen molar-refractivity contribution in [2.24, 2.45) is 4.99 Å². The molecule has 0 spiro atoms. The smallest absolute Gasteiger partial charge is 0.185 e. The summed E-state index contributed by atoms with van der Waals surface area (Å²) < 4.78 is 0.994. The first-order valence-corrected chi connectivity index (χ1v) is 10.2. The minimum Gasteiger partial charge on any atom is -0.507 e. The van der Waals surface area contributed by atoms with Gasteiger partial charge in [-0.15, -0.1) is 0 Å². The fraction of sp³-hybridized carbons (Fsp3) is 0. The molecule has 0 aliphatic rings. The van der Waals surface area contributed by atoms with Crippen LogP contribution < -0.4 is 0 Å². The number of fused-ring (bicyclic) bond motifs is 1. The highest BCUT2D eigenvalue weighted by atomic mass is 79.9. The molecule has 0 bridgehead atoms. The Bertz CT molecular complexity index is 1270. The van der Waals surface area contributed by atoms with Gasteiger partial charge < -0.3 is 5.11 Å². The number of aromatic hydroxyl groups is 1. The number of phenols is 1. The summed E-state index contributed by atoms with van der Waals surface area (Å²) in [4.78, 5) is 17.0. The van der Waals surface area contributed by atoms with Crippen molar-refractivity contribution in [2.45, 2.75) is 0 Å². The van der Waals surface area contributed by atoms with Crippen LogP contribution in [0.5, 0.6) is 5.75 Å². The van der Waals surface area contributed by atoms with E-state index in [4.69, 9.17) is 0 Å². The molecule has 30 heavy (non-hydrogen) atoms. The third kappa shape index (κ3) is 4.56. The van der Waals surface area contributed by atoms with Crippen LogP contribution in [0.2, 0.25) is 0 Å². The van der Waals surface area contributed by atoms with E-state index < -0.39 is 0 Å². The molecule has 0 saturated carbocycles. The van der Waals surface area contributed by atoms with Gasteiger partial charge in [0, 0.05) is 21.8 Å². The molecule has 0 aromatic heterocycles. The molecule has 4 aromatic rings. The Morgan fingerprint density at radius 2 is 1.70 bits per heavy atom. The van der Waals surface area contributed by atoms with E-state index >= 15 is 0 Å². The summed E-state index contributed by atoms with van der Waals surface area (Å²) in [6.07, 6.45) is 4.99. The Hall–Kier alpha value is -3.50. The molecule has 3 nitrogen and oxygen atoms in total. The lowest BCUT2D eigenvalue weighted by atomic mass is 10.0. The minimum absolute atomic E-state index is 0.0945. The lowest BCUT2D eigenvalue weighted by Gasteiger charge is -2.05. The molecule has 1 N–H and O–H groups in total. The van der Waals surface area contributed by atoms with Crippen LogP contribution in [0.15, 0.2) is 100 Å². The van der Waals surface area contributed by atoms with Crippen molar-refractivity contribution in [2.75, 3.05) is 0 Å². The van der Waals surface area contributed by atoms with Gasteiger partial charge in [-0.2, -0.15) is 0 Å². The zero-order valence-electron chi connectivity index (χ0n) is 16.0. The van der Waals surface area contributed by atoms with E-state index in [1.165, 1.54) is 0 Å². The summed E-state index contributed by atoms with van der Waals surface area (Å²) in [5.41, 5.74) is 2.80. The number of aliphatic imine (C=N–C) groups is 1. The minimum atomic E-state index is -0.0945. The maximum absolute atomic E-state index is 12.6. The van der Waals surface area contributed by atoms with Crippen molar-refractivity contribution in [1.29, 1.82) is 0 Å². The van der Waals surface area contributed by atoms with Gasteiger partial charge in [0.05, 0.1) is 5.69 Å². The second kappa shape index (κ2) is 8.89. The van der Waals surface area contributed by atoms with Gasteiger partial charge in [0.1, 0.15) is 5.75 Å². The predicted molar refractivity (Wildman–Crippen MR) is 127 cm³/mol. The van der Waals surface area contributed by atoms with Crippen LogP contribution in [-0.2, 0) is 0 Å². The first kappa shape index (κ1) is 19.8. The van der Waals surface area contributed by atoms with Crippen molar-refractivity contribution >= 4 is 50.5 Å². The van der Waals surface area contributed by atoms with E-state index in [-0.39, 0.29) is 11.5 Å². The number of halogens is 1. The first-order valence-electron chi connectivity index (χ1n) is 9.43. The second-order valence-electron chi connectivity index (χ2n) is 6.78. The van der Waals surface area contributed by atoms with Gasteiger partial charge >= 0.3 is 0 Å². The summed E-state index contributed by atoms with van der Waals surface area (Å²) in [6.45, 7) is 0. The largest absolute Gasteiger partial charge is 0.507 e. The number of carbonyl (C=O) groups is 1. The third-order valence-corrected chi connectivity index (χ3v) is 5.25. The van der Waals surface area contributed by atoms with Gasteiger partial charge in [0.15, 0.2) is 5.78 Å². The van der Waals surface area contributed by atoms with E-state index in [0.717, 1.165) is 20.8 Å². The fourth-order valence-corrected chi connectivity index (χ4v) is 3.40. The molecule has 0 saturated heterocycles. The second-order valence-corrected chi connectivity index (χ2v) is 7.69. The van der Waals surface area contributed by atoms with Crippen LogP contribution >= 0.6 is 15.9 Å². The molecule has 4 aromatic carbocycles. The average Bonchev–Trinajstić information content (AvgIpc) is 2.78. The Balaban J connectivity index is 1.57. The van der Waals surface area contributed by atoms with Crippen LogP contribution in [0.1, 0.15) is 21.5 Å². The number of rotatable bonds is 5. The van der Waals surface area contributed by atoms with Crippen molar-refractivity contribution in [1.82, 2.24) is 0 Å². The highest BCUT2D eigenvalue weighted by molar-refractivity contribution is 9.10. The summed E-state index contributed by atoms with van der Waals surface area (Å²) in [6, 6.07) is 26.2. The topological polar surface area (TPSA) is 49.7 Å². The Kier molecular flexibility index (Phi) is 5.87. The number of hydrogen-bond acceptors (Lipinski definition) is 3. The highest BCUT2D eigenvalue weighted by Crippen LogP contribution is 2.26. The molecule has 0 amide bonds. The van der Waals surface area contributed by atoms with Crippen molar-refractivity contribution < 1.29 is 9.90 Å². The molecule has 0 radical (unpaired) electrons. The molecular formula is C26H18BrNO2. The molecule has 0 atom stereocenters. The number of benzene rings is 4. The van der Waals surface area contributed by atoms with Crippen molar-refractivity contribution in [3.8, 4) is 5.75 Å². The molecule has 4 heteroatoms. The zero-order valence-corrected chi connectivity index (χ0v) is 17.6. The fourth-order valence-electron chi connectivity index (χ4n) is 3.14. The van der Waals surface area contributed by atoms with Gasteiger partial charge in [-0.3, -0.25) is 9.79 Å². The van der Waals surface area contributed by atoms with Crippen LogP contribution in [0, 0.1) is 0 Å². The number of hydrogen-bond donors (Lipinski definition) is 1. The van der Waals surface area contributed by atoms with Crippen molar-refractivity contribution in [3.63, 3.8) is 0 Å². The summed E-state index contributed by atoms with van der Waals surface area (Å²) in [5.74, 6) is 0.0742. The number of nitrogens with zero attached hydrogens (tertiary/aromatic N) is 1. The Morgan fingerprint density at radius 3 is 2.53 bits per heavy atom. The maximum atomic E-state index is 12.6. The lowest BCUT2D eigenvalue weighted by molar-refractivity contribution is 0.104. The SMILES string of the molecule is O=C(/C=C/c1ccc(Br)cc1)c1cccc(N=Cc2c(O)ccc3ccccc23)c1. The number of carbonyl (C=O) groups excluding carboxylic acids is 1. The van der Waals surface area contributed by atoms with Gasteiger partial charge in [0.2, 0.25) is 0 Å². The lowest BCUT2D eigenvalue weighted by Crippen LogP contribution is -1.93. The Labute approximate surface area is 183 Å². The summed E-state index contributed by atoms with van der Waals surface area (Å²) in [7, 11) is 0. The van der Waals surface area contributed by atoms with Gasteiger partial charge in [0.25, 0.3) is 0 Å². The molecule has 0 aliphatic heterocycles.